The van der Waals surface area contributed by atoms with E-state index in [1.54, 1.807) is 37.3 Å². The lowest BCUT2D eigenvalue weighted by molar-refractivity contribution is -0.645. The Balaban J connectivity index is 2.03. The number of benzene rings is 1. The summed E-state index contributed by atoms with van der Waals surface area (Å²) in [6, 6.07) is 10.9. The lowest BCUT2D eigenvalue weighted by Crippen LogP contribution is -2.30. The van der Waals surface area contributed by atoms with Crippen molar-refractivity contribution in [2.24, 2.45) is 0 Å². The van der Waals surface area contributed by atoms with Crippen LogP contribution in [0.2, 0.25) is 0 Å². The number of rotatable bonds is 4. The van der Waals surface area contributed by atoms with Crippen LogP contribution in [0, 0.1) is 11.0 Å². The Morgan fingerprint density at radius 2 is 2.00 bits per heavy atom. The molecule has 4 nitrogen and oxygen atoms in total. The Morgan fingerprint density at radius 3 is 2.70 bits per heavy atom. The van der Waals surface area contributed by atoms with Crippen molar-refractivity contribution in [1.82, 2.24) is 0 Å². The summed E-state index contributed by atoms with van der Waals surface area (Å²) in [6.45, 7) is 1.66. The fraction of sp³-hybridized carbons (Fsp3) is 0.143. The van der Waals surface area contributed by atoms with Gasteiger partial charge < -0.3 is 10.5 Å². The van der Waals surface area contributed by atoms with Gasteiger partial charge in [0, 0.05) is 12.1 Å². The predicted molar refractivity (Wildman–Crippen MR) is 75.8 cm³/mol. The molecule has 6 heteroatoms. The van der Waals surface area contributed by atoms with Crippen molar-refractivity contribution in [2.75, 3.05) is 5.32 Å². The topological polar surface area (TPSA) is 56.0 Å². The minimum absolute atomic E-state index is 0.132. The van der Waals surface area contributed by atoms with Crippen LogP contribution in [0.3, 0.4) is 0 Å². The van der Waals surface area contributed by atoms with Crippen LogP contribution >= 0.6 is 11.8 Å². The number of anilines is 1. The molecule has 1 atom stereocenters. The highest BCUT2D eigenvalue weighted by Gasteiger charge is 2.19. The number of hydrogen-bond donors (Lipinski definition) is 1. The van der Waals surface area contributed by atoms with Crippen molar-refractivity contribution in [3.8, 4) is 0 Å². The summed E-state index contributed by atoms with van der Waals surface area (Å²) < 4.78 is 14.1. The molecule has 0 fully saturated rings. The van der Waals surface area contributed by atoms with E-state index in [0.29, 0.717) is 9.76 Å². The van der Waals surface area contributed by atoms with Gasteiger partial charge in [0.05, 0.1) is 10.9 Å². The molecule has 0 spiro atoms. The second kappa shape index (κ2) is 6.38. The fourth-order valence-corrected chi connectivity index (χ4v) is 2.39. The smallest absolute Gasteiger partial charge is 0.252 e. The minimum Gasteiger partial charge on any atom is -0.618 e. The number of para-hydroxylation sites is 1. The highest BCUT2D eigenvalue weighted by molar-refractivity contribution is 8.00. The molecular weight excluding hydrogens is 279 g/mol. The number of halogens is 1. The van der Waals surface area contributed by atoms with Crippen LogP contribution in [-0.2, 0) is 4.79 Å². The summed E-state index contributed by atoms with van der Waals surface area (Å²) in [5, 5.41) is 13.9. The Labute approximate surface area is 120 Å². The Morgan fingerprint density at radius 1 is 1.30 bits per heavy atom. The lowest BCUT2D eigenvalue weighted by Gasteiger charge is -2.11. The van der Waals surface area contributed by atoms with Gasteiger partial charge in [0.15, 0.2) is 6.20 Å². The molecular formula is C14H13FN2O2S. The minimum atomic E-state index is -0.516. The first-order chi connectivity index (χ1) is 9.58. The summed E-state index contributed by atoms with van der Waals surface area (Å²) >= 11 is 1.12. The average molecular weight is 292 g/mol. The summed E-state index contributed by atoms with van der Waals surface area (Å²) in [7, 11) is 0. The van der Waals surface area contributed by atoms with Gasteiger partial charge in [-0.25, -0.2) is 4.39 Å². The fourth-order valence-electron chi connectivity index (χ4n) is 1.54. The van der Waals surface area contributed by atoms with E-state index in [0.717, 1.165) is 11.8 Å². The first-order valence-corrected chi connectivity index (χ1v) is 6.86. The van der Waals surface area contributed by atoms with Crippen molar-refractivity contribution in [3.63, 3.8) is 0 Å². The van der Waals surface area contributed by atoms with Gasteiger partial charge in [-0.3, -0.25) is 4.79 Å². The molecule has 104 valence electrons. The van der Waals surface area contributed by atoms with E-state index in [-0.39, 0.29) is 11.6 Å². The quantitative estimate of drug-likeness (QED) is 0.535. The van der Waals surface area contributed by atoms with Crippen molar-refractivity contribution in [3.05, 3.63) is 59.7 Å². The summed E-state index contributed by atoms with van der Waals surface area (Å²) in [4.78, 5) is 12.0. The maximum Gasteiger partial charge on any atom is 0.252 e. The first kappa shape index (κ1) is 14.3. The summed E-state index contributed by atoms with van der Waals surface area (Å²) in [5.74, 6) is -0.847. The molecule has 1 amide bonds. The van der Waals surface area contributed by atoms with E-state index in [2.05, 4.69) is 5.32 Å². The third-order valence-electron chi connectivity index (χ3n) is 2.59. The molecule has 1 N–H and O–H groups in total. The van der Waals surface area contributed by atoms with Gasteiger partial charge in [0.2, 0.25) is 5.91 Å². The molecule has 0 saturated heterocycles. The van der Waals surface area contributed by atoms with E-state index in [9.17, 15) is 14.4 Å². The zero-order chi connectivity index (χ0) is 14.5. The second-order valence-corrected chi connectivity index (χ2v) is 5.45. The largest absolute Gasteiger partial charge is 0.618 e. The van der Waals surface area contributed by atoms with E-state index < -0.39 is 11.1 Å². The highest BCUT2D eigenvalue weighted by Crippen LogP contribution is 2.21. The van der Waals surface area contributed by atoms with Gasteiger partial charge in [0.1, 0.15) is 5.82 Å². The predicted octanol–water partition coefficient (Wildman–Crippen LogP) is 2.58. The molecule has 0 aliphatic rings. The molecule has 20 heavy (non-hydrogen) atoms. The van der Waals surface area contributed by atoms with Crippen molar-refractivity contribution in [1.29, 1.82) is 0 Å². The summed E-state index contributed by atoms with van der Waals surface area (Å²) in [6.07, 6.45) is 1.36. The third kappa shape index (κ3) is 3.48. The molecule has 0 bridgehead atoms. The van der Waals surface area contributed by atoms with E-state index in [1.807, 2.05) is 0 Å². The van der Waals surface area contributed by atoms with Gasteiger partial charge in [-0.2, -0.15) is 4.73 Å². The van der Waals surface area contributed by atoms with Gasteiger partial charge >= 0.3 is 0 Å². The molecule has 0 unspecified atom stereocenters. The third-order valence-corrected chi connectivity index (χ3v) is 3.71. The second-order valence-electron chi connectivity index (χ2n) is 4.09. The van der Waals surface area contributed by atoms with Crippen LogP contribution in [0.25, 0.3) is 0 Å². The van der Waals surface area contributed by atoms with Crippen LogP contribution in [0.4, 0.5) is 10.1 Å². The van der Waals surface area contributed by atoms with Crippen LogP contribution in [0.15, 0.2) is 53.7 Å². The number of amides is 1. The number of nitrogens with one attached hydrogen (secondary N) is 1. The number of carbonyl (C=O) groups is 1. The molecule has 0 radical (unpaired) electrons. The number of hydrogen-bond acceptors (Lipinski definition) is 3. The van der Waals surface area contributed by atoms with Crippen LogP contribution in [-0.4, -0.2) is 11.2 Å². The zero-order valence-electron chi connectivity index (χ0n) is 10.7. The van der Waals surface area contributed by atoms with E-state index in [1.165, 1.54) is 18.3 Å². The van der Waals surface area contributed by atoms with Crippen molar-refractivity contribution < 1.29 is 13.9 Å². The molecule has 0 aliphatic heterocycles. The molecule has 1 heterocycles. The number of nitrogens with zero attached hydrogens (tertiary/aromatic N) is 1. The van der Waals surface area contributed by atoms with E-state index >= 15 is 0 Å². The number of aromatic nitrogens is 1. The first-order valence-electron chi connectivity index (χ1n) is 5.98. The SMILES string of the molecule is C[C@@H](Sc1cccc[n+]1[O-])C(=O)Nc1ccccc1F. The molecule has 1 aromatic heterocycles. The van der Waals surface area contributed by atoms with Gasteiger partial charge in [-0.05, 0) is 36.9 Å². The number of pyridine rings is 1. The molecule has 2 rings (SSSR count). The van der Waals surface area contributed by atoms with Crippen LogP contribution in [0.5, 0.6) is 0 Å². The molecule has 0 saturated carbocycles. The average Bonchev–Trinajstić information content (AvgIpc) is 2.43. The lowest BCUT2D eigenvalue weighted by atomic mass is 10.3. The Kier molecular flexibility index (Phi) is 4.57. The maximum atomic E-state index is 13.4. The maximum absolute atomic E-state index is 13.4. The monoisotopic (exact) mass is 292 g/mol. The van der Waals surface area contributed by atoms with Gasteiger partial charge in [0.25, 0.3) is 5.03 Å². The summed E-state index contributed by atoms with van der Waals surface area (Å²) in [5.41, 5.74) is 0.132. The van der Waals surface area contributed by atoms with Crippen LogP contribution in [0.1, 0.15) is 6.92 Å². The zero-order valence-corrected chi connectivity index (χ0v) is 11.6. The normalized spacial score (nSPS) is 11.9. The molecule has 0 aliphatic carbocycles. The van der Waals surface area contributed by atoms with Crippen LogP contribution < -0.4 is 10.0 Å². The van der Waals surface area contributed by atoms with Crippen molar-refractivity contribution >= 4 is 23.4 Å². The van der Waals surface area contributed by atoms with E-state index in [4.69, 9.17) is 0 Å². The highest BCUT2D eigenvalue weighted by atomic mass is 32.2. The number of carbonyl (C=O) groups excluding carboxylic acids is 1. The Bertz CT molecular complexity index is 622. The Hall–Kier alpha value is -2.08. The van der Waals surface area contributed by atoms with Gasteiger partial charge in [-0.1, -0.05) is 12.1 Å². The number of thioether (sulfide) groups is 1. The standard InChI is InChI=1S/C14H13FN2O2S/c1-10(20-13-8-4-5-9-17(13)19)14(18)16-12-7-3-2-6-11(12)15/h2-10H,1H3,(H,16,18)/t10-/m1/s1. The van der Waals surface area contributed by atoms with Crippen molar-refractivity contribution in [2.45, 2.75) is 17.2 Å². The van der Waals surface area contributed by atoms with Gasteiger partial charge in [-0.15, -0.1) is 0 Å². The molecule has 1 aromatic carbocycles. The molecule has 2 aromatic rings.